The van der Waals surface area contributed by atoms with Crippen molar-refractivity contribution in [2.24, 2.45) is 11.8 Å². The summed E-state index contributed by atoms with van der Waals surface area (Å²) in [5.41, 5.74) is 6.27. The maximum Gasteiger partial charge on any atom is 0.239 e. The third kappa shape index (κ3) is 1.99. The first-order valence-corrected chi connectivity index (χ1v) is 11.6. The predicted molar refractivity (Wildman–Crippen MR) is 117 cm³/mol. The zero-order valence-electron chi connectivity index (χ0n) is 16.7. The van der Waals surface area contributed by atoms with Crippen molar-refractivity contribution in [3.8, 4) is 6.07 Å². The standard InChI is InChI=1S/C26H18N2O2S/c27-12-18-13-10-5-11-19(13)31-26(18)28-24(29)22-20-14-6-1-2-7-15(14)21(23(22)25(28)30)17-9-4-3-8-16(17)20/h1-4,6-9,20-23H,5,10-11H2/t20?,21?,22-,23-/m1/s1. The van der Waals surface area contributed by atoms with Gasteiger partial charge in [-0.05, 0) is 47.1 Å². The average Bonchev–Trinajstić information content (AvgIpc) is 3.46. The molecule has 5 aliphatic rings. The Labute approximate surface area is 183 Å². The summed E-state index contributed by atoms with van der Waals surface area (Å²) in [6.45, 7) is 0. The quantitative estimate of drug-likeness (QED) is 0.542. The molecule has 0 spiro atoms. The fourth-order valence-electron chi connectivity index (χ4n) is 6.54. The highest BCUT2D eigenvalue weighted by atomic mass is 32.1. The van der Waals surface area contributed by atoms with Crippen LogP contribution in [0, 0.1) is 23.2 Å². The van der Waals surface area contributed by atoms with E-state index in [4.69, 9.17) is 0 Å². The second-order valence-corrected chi connectivity index (χ2v) is 10.0. The molecule has 1 saturated heterocycles. The highest BCUT2D eigenvalue weighted by Gasteiger charge is 2.62. The number of anilines is 1. The number of nitriles is 1. The van der Waals surface area contributed by atoms with Gasteiger partial charge in [-0.1, -0.05) is 48.5 Å². The summed E-state index contributed by atoms with van der Waals surface area (Å²) in [5.74, 6) is -1.28. The number of imide groups is 1. The van der Waals surface area contributed by atoms with Crippen molar-refractivity contribution in [3.63, 3.8) is 0 Å². The lowest BCUT2D eigenvalue weighted by Crippen LogP contribution is -2.41. The minimum Gasteiger partial charge on any atom is -0.274 e. The van der Waals surface area contributed by atoms with E-state index in [2.05, 4.69) is 30.3 Å². The third-order valence-corrected chi connectivity index (χ3v) is 8.94. The molecule has 5 heteroatoms. The van der Waals surface area contributed by atoms with Crippen LogP contribution in [0.5, 0.6) is 0 Å². The Morgan fingerprint density at radius 3 is 1.84 bits per heavy atom. The topological polar surface area (TPSA) is 61.2 Å². The van der Waals surface area contributed by atoms with E-state index in [1.54, 1.807) is 0 Å². The van der Waals surface area contributed by atoms with E-state index in [9.17, 15) is 14.9 Å². The fourth-order valence-corrected chi connectivity index (χ4v) is 7.89. The van der Waals surface area contributed by atoms with Gasteiger partial charge in [0.05, 0.1) is 17.4 Å². The van der Waals surface area contributed by atoms with E-state index >= 15 is 0 Å². The van der Waals surface area contributed by atoms with Gasteiger partial charge in [0.2, 0.25) is 11.8 Å². The van der Waals surface area contributed by atoms with Crippen molar-refractivity contribution in [1.82, 2.24) is 0 Å². The summed E-state index contributed by atoms with van der Waals surface area (Å²) in [6.07, 6.45) is 2.83. The van der Waals surface area contributed by atoms with Gasteiger partial charge < -0.3 is 0 Å². The van der Waals surface area contributed by atoms with Crippen LogP contribution in [0.2, 0.25) is 0 Å². The van der Waals surface area contributed by atoms with E-state index in [-0.39, 0.29) is 23.7 Å². The smallest absolute Gasteiger partial charge is 0.239 e. The molecule has 2 aromatic carbocycles. The number of amides is 2. The SMILES string of the molecule is N#Cc1c(N2C(=O)[C@@H]3C4c5ccccc5C(c5ccccc54)[C@H]3C2=O)sc2c1CCC2. The Balaban J connectivity index is 1.44. The van der Waals surface area contributed by atoms with Crippen molar-refractivity contribution >= 4 is 28.2 Å². The Kier molecular flexibility index (Phi) is 3.34. The zero-order chi connectivity index (χ0) is 20.9. The molecule has 0 radical (unpaired) electrons. The molecule has 3 aromatic rings. The van der Waals surface area contributed by atoms with Gasteiger partial charge >= 0.3 is 0 Å². The van der Waals surface area contributed by atoms with Crippen molar-refractivity contribution < 1.29 is 9.59 Å². The molecular weight excluding hydrogens is 404 g/mol. The summed E-state index contributed by atoms with van der Waals surface area (Å²) in [4.78, 5) is 30.3. The molecule has 2 atom stereocenters. The minimum absolute atomic E-state index is 0.110. The molecule has 0 N–H and O–H groups in total. The van der Waals surface area contributed by atoms with Crippen LogP contribution >= 0.6 is 11.3 Å². The molecule has 8 rings (SSSR count). The highest BCUT2D eigenvalue weighted by molar-refractivity contribution is 7.17. The molecule has 0 saturated carbocycles. The molecule has 0 unspecified atom stereocenters. The number of carbonyl (C=O) groups is 2. The molecular formula is C26H18N2O2S. The van der Waals surface area contributed by atoms with Crippen molar-refractivity contribution in [1.29, 1.82) is 5.26 Å². The molecule has 4 nitrogen and oxygen atoms in total. The highest BCUT2D eigenvalue weighted by Crippen LogP contribution is 2.61. The number of hydrogen-bond donors (Lipinski definition) is 0. The summed E-state index contributed by atoms with van der Waals surface area (Å²) in [5, 5.41) is 10.4. The van der Waals surface area contributed by atoms with Gasteiger partial charge in [0.15, 0.2) is 0 Å². The first-order chi connectivity index (χ1) is 15.2. The van der Waals surface area contributed by atoms with E-state index in [1.807, 2.05) is 24.3 Å². The molecule has 4 aliphatic carbocycles. The van der Waals surface area contributed by atoms with Crippen molar-refractivity contribution in [2.75, 3.05) is 4.90 Å². The molecule has 2 amide bonds. The Morgan fingerprint density at radius 2 is 1.35 bits per heavy atom. The molecule has 1 aliphatic heterocycles. The van der Waals surface area contributed by atoms with Gasteiger partial charge in [-0.25, -0.2) is 4.90 Å². The van der Waals surface area contributed by atoms with Crippen LogP contribution in [0.15, 0.2) is 48.5 Å². The monoisotopic (exact) mass is 422 g/mol. The second-order valence-electron chi connectivity index (χ2n) is 8.93. The Morgan fingerprint density at radius 1 is 0.839 bits per heavy atom. The normalized spacial score (nSPS) is 27.0. The minimum atomic E-state index is -0.397. The van der Waals surface area contributed by atoms with E-state index < -0.39 is 11.8 Å². The molecule has 150 valence electrons. The zero-order valence-corrected chi connectivity index (χ0v) is 17.5. The molecule has 2 heterocycles. The summed E-state index contributed by atoms with van der Waals surface area (Å²) in [7, 11) is 0. The number of thiophene rings is 1. The number of benzene rings is 2. The van der Waals surface area contributed by atoms with Crippen LogP contribution in [0.4, 0.5) is 5.00 Å². The van der Waals surface area contributed by atoms with Crippen LogP contribution in [0.1, 0.15) is 56.5 Å². The number of rotatable bonds is 1. The van der Waals surface area contributed by atoms with Gasteiger partial charge in [-0.2, -0.15) is 5.26 Å². The first kappa shape index (κ1) is 17.5. The van der Waals surface area contributed by atoms with Gasteiger partial charge in [0.25, 0.3) is 0 Å². The average molecular weight is 423 g/mol. The van der Waals surface area contributed by atoms with E-state index in [1.165, 1.54) is 38.5 Å². The number of hydrogen-bond acceptors (Lipinski definition) is 4. The second kappa shape index (κ2) is 5.93. The van der Waals surface area contributed by atoms with Crippen LogP contribution < -0.4 is 4.90 Å². The van der Waals surface area contributed by atoms with E-state index in [0.717, 1.165) is 29.7 Å². The van der Waals surface area contributed by atoms with Gasteiger partial charge in [-0.3, -0.25) is 9.59 Å². The third-order valence-electron chi connectivity index (χ3n) is 7.67. The van der Waals surface area contributed by atoms with Crippen LogP contribution in [-0.4, -0.2) is 11.8 Å². The van der Waals surface area contributed by atoms with Gasteiger partial charge in [-0.15, -0.1) is 11.3 Å². The van der Waals surface area contributed by atoms with Gasteiger partial charge in [0.1, 0.15) is 11.1 Å². The lowest BCUT2D eigenvalue weighted by molar-refractivity contribution is -0.122. The number of aryl methyl sites for hydroxylation is 1. The number of fused-ring (bicyclic) bond motifs is 1. The van der Waals surface area contributed by atoms with Crippen LogP contribution in [-0.2, 0) is 22.4 Å². The van der Waals surface area contributed by atoms with Crippen LogP contribution in [0.3, 0.4) is 0 Å². The van der Waals surface area contributed by atoms with Crippen molar-refractivity contribution in [3.05, 3.63) is 86.8 Å². The Hall–Kier alpha value is -3.23. The lowest BCUT2D eigenvalue weighted by atomic mass is 9.55. The predicted octanol–water partition coefficient (Wildman–Crippen LogP) is 4.51. The summed E-state index contributed by atoms with van der Waals surface area (Å²) in [6, 6.07) is 18.8. The first-order valence-electron chi connectivity index (χ1n) is 10.8. The largest absolute Gasteiger partial charge is 0.274 e. The van der Waals surface area contributed by atoms with Crippen LogP contribution in [0.25, 0.3) is 0 Å². The molecule has 1 fully saturated rings. The summed E-state index contributed by atoms with van der Waals surface area (Å²) >= 11 is 1.48. The van der Waals surface area contributed by atoms with Gasteiger partial charge in [0, 0.05) is 16.7 Å². The lowest BCUT2D eigenvalue weighted by Gasteiger charge is -2.45. The summed E-state index contributed by atoms with van der Waals surface area (Å²) < 4.78 is 0. The maximum absolute atomic E-state index is 13.9. The fraction of sp³-hybridized carbons (Fsp3) is 0.269. The molecule has 1 aromatic heterocycles. The number of carbonyl (C=O) groups excluding carboxylic acids is 2. The maximum atomic E-state index is 13.9. The molecule has 2 bridgehead atoms. The molecule has 31 heavy (non-hydrogen) atoms. The Bertz CT molecular complexity index is 1250. The van der Waals surface area contributed by atoms with E-state index in [0.29, 0.717) is 10.6 Å². The number of nitrogens with zero attached hydrogens (tertiary/aromatic N) is 2. The van der Waals surface area contributed by atoms with Crippen molar-refractivity contribution in [2.45, 2.75) is 31.1 Å².